The average Bonchev–Trinajstić information content (AvgIpc) is 3.57. The van der Waals surface area contributed by atoms with Gasteiger partial charge in [0.15, 0.2) is 17.5 Å². The molecular formula is C50H40N4. The standard InChI is InChI=1S/C50H40N4/c1-32-7-8-33-23-24-50(29-32,30-33)44-21-19-35(20-22-44)39-14-15-41-27-42(18-16-40(41)26-39)48-52-47(38-5-3-2-4-6-38)53-49(54-48)43-17-13-37-12-11-36-10-9-34(31-51)25-45(36)46(37)28-43/h2-6,9-22,25-28,32-33H,7-8,23-24,29-30H2,1H3/t32-,33-,50?/m1/s1. The van der Waals surface area contributed by atoms with Gasteiger partial charge in [0, 0.05) is 16.7 Å². The van der Waals surface area contributed by atoms with Crippen LogP contribution in [-0.2, 0) is 5.41 Å². The Morgan fingerprint density at radius 2 is 1.09 bits per heavy atom. The Balaban J connectivity index is 1.01. The second kappa shape index (κ2) is 13.0. The van der Waals surface area contributed by atoms with Crippen LogP contribution in [0.5, 0.6) is 0 Å². The van der Waals surface area contributed by atoms with E-state index in [0.717, 1.165) is 55.5 Å². The van der Waals surface area contributed by atoms with Crippen molar-refractivity contribution >= 4 is 32.3 Å². The van der Waals surface area contributed by atoms with Crippen LogP contribution < -0.4 is 0 Å². The van der Waals surface area contributed by atoms with E-state index in [-0.39, 0.29) is 0 Å². The molecule has 3 atom stereocenters. The zero-order valence-electron chi connectivity index (χ0n) is 30.5. The predicted molar refractivity (Wildman–Crippen MR) is 221 cm³/mol. The van der Waals surface area contributed by atoms with E-state index < -0.39 is 0 Å². The molecule has 1 unspecified atom stereocenters. The first-order valence-corrected chi connectivity index (χ1v) is 19.3. The molecule has 54 heavy (non-hydrogen) atoms. The number of hydrogen-bond acceptors (Lipinski definition) is 4. The summed E-state index contributed by atoms with van der Waals surface area (Å²) >= 11 is 0. The van der Waals surface area contributed by atoms with E-state index in [1.54, 1.807) is 5.56 Å². The molecular weight excluding hydrogens is 657 g/mol. The number of hydrogen-bond donors (Lipinski definition) is 0. The normalized spacial score (nSPS) is 19.6. The van der Waals surface area contributed by atoms with Crippen molar-refractivity contribution in [1.29, 1.82) is 5.26 Å². The van der Waals surface area contributed by atoms with Crippen LogP contribution in [0.1, 0.15) is 56.6 Å². The monoisotopic (exact) mass is 696 g/mol. The second-order valence-corrected chi connectivity index (χ2v) is 15.9. The molecule has 0 radical (unpaired) electrons. The van der Waals surface area contributed by atoms with Crippen LogP contribution in [0, 0.1) is 23.2 Å². The first kappa shape index (κ1) is 32.5. The molecule has 0 aliphatic heterocycles. The van der Waals surface area contributed by atoms with E-state index in [0.29, 0.717) is 28.5 Å². The minimum Gasteiger partial charge on any atom is -0.208 e. The molecule has 10 rings (SSSR count). The maximum absolute atomic E-state index is 9.62. The van der Waals surface area contributed by atoms with Gasteiger partial charge in [0.1, 0.15) is 0 Å². The molecule has 4 heteroatoms. The van der Waals surface area contributed by atoms with Gasteiger partial charge in [-0.3, -0.25) is 0 Å². The quantitative estimate of drug-likeness (QED) is 0.168. The first-order valence-electron chi connectivity index (χ1n) is 19.3. The third kappa shape index (κ3) is 5.81. The van der Waals surface area contributed by atoms with Crippen LogP contribution >= 0.6 is 0 Å². The fraction of sp³-hybridized carbons (Fsp3) is 0.200. The van der Waals surface area contributed by atoms with E-state index >= 15 is 0 Å². The van der Waals surface area contributed by atoms with E-state index in [1.165, 1.54) is 55.0 Å². The summed E-state index contributed by atoms with van der Waals surface area (Å²) in [5.74, 6) is 3.59. The van der Waals surface area contributed by atoms with Gasteiger partial charge >= 0.3 is 0 Å². The number of benzene rings is 7. The largest absolute Gasteiger partial charge is 0.208 e. The van der Waals surface area contributed by atoms with E-state index in [9.17, 15) is 5.26 Å². The lowest BCUT2D eigenvalue weighted by Gasteiger charge is -2.32. The zero-order valence-corrected chi connectivity index (χ0v) is 30.5. The molecule has 2 aliphatic rings. The van der Waals surface area contributed by atoms with Crippen LogP contribution in [0.2, 0.25) is 0 Å². The molecule has 7 aromatic carbocycles. The lowest BCUT2D eigenvalue weighted by atomic mass is 9.73. The van der Waals surface area contributed by atoms with Gasteiger partial charge in [-0.25, -0.2) is 15.0 Å². The van der Waals surface area contributed by atoms with Crippen molar-refractivity contribution in [1.82, 2.24) is 15.0 Å². The van der Waals surface area contributed by atoms with Crippen LogP contribution in [0.3, 0.4) is 0 Å². The van der Waals surface area contributed by atoms with Crippen LogP contribution in [0.15, 0.2) is 140 Å². The molecule has 2 saturated carbocycles. The molecule has 0 N–H and O–H groups in total. The summed E-state index contributed by atoms with van der Waals surface area (Å²) in [5, 5.41) is 16.2. The van der Waals surface area contributed by atoms with Gasteiger partial charge in [-0.05, 0) is 122 Å². The minimum atomic E-state index is 0.374. The predicted octanol–water partition coefficient (Wildman–Crippen LogP) is 12.7. The highest BCUT2D eigenvalue weighted by Gasteiger charge is 2.43. The molecule has 2 aliphatic carbocycles. The third-order valence-corrected chi connectivity index (χ3v) is 12.3. The summed E-state index contributed by atoms with van der Waals surface area (Å²) < 4.78 is 0. The molecule has 0 amide bonds. The Bertz CT molecular complexity index is 2760. The molecule has 260 valence electrons. The topological polar surface area (TPSA) is 62.5 Å². The molecule has 4 nitrogen and oxygen atoms in total. The number of fused-ring (bicyclic) bond motifs is 6. The maximum atomic E-state index is 9.62. The number of nitrogens with zero attached hydrogens (tertiary/aromatic N) is 4. The summed E-state index contributed by atoms with van der Waals surface area (Å²) in [6, 6.07) is 51.6. The highest BCUT2D eigenvalue weighted by Crippen LogP contribution is 2.53. The molecule has 0 spiro atoms. The van der Waals surface area contributed by atoms with Gasteiger partial charge in [-0.2, -0.15) is 5.26 Å². The second-order valence-electron chi connectivity index (χ2n) is 15.9. The Morgan fingerprint density at radius 1 is 0.519 bits per heavy atom. The summed E-state index contributed by atoms with van der Waals surface area (Å²) in [4.78, 5) is 15.1. The van der Waals surface area contributed by atoms with Gasteiger partial charge in [-0.1, -0.05) is 129 Å². The van der Waals surface area contributed by atoms with Gasteiger partial charge in [-0.15, -0.1) is 0 Å². The number of nitriles is 1. The van der Waals surface area contributed by atoms with Crippen molar-refractivity contribution in [3.63, 3.8) is 0 Å². The fourth-order valence-corrected chi connectivity index (χ4v) is 9.53. The van der Waals surface area contributed by atoms with Crippen LogP contribution in [0.25, 0.3) is 77.6 Å². The minimum absolute atomic E-state index is 0.374. The highest BCUT2D eigenvalue weighted by molar-refractivity contribution is 6.09. The van der Waals surface area contributed by atoms with Crippen molar-refractivity contribution in [3.05, 3.63) is 151 Å². The smallest absolute Gasteiger partial charge is 0.164 e. The summed E-state index contributed by atoms with van der Waals surface area (Å²) in [7, 11) is 0. The van der Waals surface area contributed by atoms with Gasteiger partial charge in [0.2, 0.25) is 0 Å². The number of aromatic nitrogens is 3. The lowest BCUT2D eigenvalue weighted by Crippen LogP contribution is -2.24. The maximum Gasteiger partial charge on any atom is 0.164 e. The molecule has 1 heterocycles. The van der Waals surface area contributed by atoms with Crippen molar-refractivity contribution in [2.45, 2.75) is 50.9 Å². The lowest BCUT2D eigenvalue weighted by molar-refractivity contribution is 0.336. The molecule has 2 fully saturated rings. The fourth-order valence-electron chi connectivity index (χ4n) is 9.53. The first-order chi connectivity index (χ1) is 26.5. The van der Waals surface area contributed by atoms with Gasteiger partial charge in [0.25, 0.3) is 0 Å². The Labute approximate surface area is 316 Å². The van der Waals surface area contributed by atoms with Crippen molar-refractivity contribution in [3.8, 4) is 51.4 Å². The SMILES string of the molecule is C[C@@H]1CC[C@@H]2CCC(c3ccc(-c4ccc5cc(-c6nc(-c7ccccc7)nc(-c7ccc8ccc9ccc(C#N)cc9c8c7)n6)ccc5c4)cc3)(C1)C2. The highest BCUT2D eigenvalue weighted by atomic mass is 15.0. The van der Waals surface area contributed by atoms with Crippen LogP contribution in [0.4, 0.5) is 0 Å². The molecule has 2 bridgehead atoms. The van der Waals surface area contributed by atoms with Crippen molar-refractivity contribution in [2.24, 2.45) is 11.8 Å². The van der Waals surface area contributed by atoms with Crippen molar-refractivity contribution < 1.29 is 0 Å². The van der Waals surface area contributed by atoms with Crippen molar-refractivity contribution in [2.75, 3.05) is 0 Å². The zero-order chi connectivity index (χ0) is 36.2. The van der Waals surface area contributed by atoms with E-state index in [4.69, 9.17) is 15.0 Å². The summed E-state index contributed by atoms with van der Waals surface area (Å²) in [5.41, 5.74) is 7.83. The Hall–Kier alpha value is -6.18. The van der Waals surface area contributed by atoms with E-state index in [1.807, 2.05) is 48.5 Å². The average molecular weight is 697 g/mol. The Kier molecular flexibility index (Phi) is 7.84. The molecule has 0 saturated heterocycles. The van der Waals surface area contributed by atoms with Gasteiger partial charge in [0.05, 0.1) is 11.6 Å². The molecule has 1 aromatic heterocycles. The summed E-state index contributed by atoms with van der Waals surface area (Å²) in [6.45, 7) is 2.46. The van der Waals surface area contributed by atoms with Crippen LogP contribution in [-0.4, -0.2) is 15.0 Å². The van der Waals surface area contributed by atoms with E-state index in [2.05, 4.69) is 104 Å². The summed E-state index contributed by atoms with van der Waals surface area (Å²) in [6.07, 6.45) is 8.25. The Morgan fingerprint density at radius 3 is 1.81 bits per heavy atom. The molecule has 8 aromatic rings. The number of rotatable bonds is 5. The third-order valence-electron chi connectivity index (χ3n) is 12.3. The van der Waals surface area contributed by atoms with Gasteiger partial charge < -0.3 is 0 Å².